The number of aryl methyl sites for hydroxylation is 6. The molecule has 0 aliphatic carbocycles. The molecule has 4 saturated heterocycles. The Balaban J connectivity index is 0.000000538. The van der Waals surface area contributed by atoms with Crippen molar-refractivity contribution >= 4 is 99.2 Å². The molecule has 128 heavy (non-hydrogen) atoms. The normalized spacial score (nSPS) is 17.6. The number of carboxylic acids is 1. The van der Waals surface area contributed by atoms with Crippen LogP contribution in [0.4, 0.5) is 0 Å². The van der Waals surface area contributed by atoms with E-state index in [1.807, 2.05) is 156 Å². The molecule has 10 rings (SSSR count). The number of terminal acetylenes is 1. The molecule has 0 saturated carbocycles. The standard InChI is InChI=1S/C23H31ClN4O3.C19H23ClN4O3.C19H25ClN4O3.C17H24ClNO2.C4H7N3O2.C4H6.C2H3N3O2.Li.H2O/c1-5-18-13-27(26-25-18)15-22(30)28-14-19(31-23(2,3)4)12-20(28)21(29)11-8-16-6-9-17(24)10-7-16;1-2-15-10-23(22-21-15)12-19(27)24-11-16(25)9-17(24)18(26)8-5-13-3-6-14(20)7-4-13;1-19(2,3)27-15-10-16(24(12-15)18(26)11-22-23-21)17(25)9-6-13-4-7-14(20)8-5-13;1-17(2,3)21-14-10-15(19-11-14)16(20)9-6-12-4-7-13(18)8-5-12;1-2-9-4(8)3-6-7-5;1-3-4-2;3-5-4-1-2(6)7;;/h6-7,9-10,13,19-20H,5,8,11-12,14-15H2,1-4H3;3-4,6-7,10,16-17,25H,2,5,8-9,11-12H2,1H3;4-5,7-8,15-16H,6,9-12H2,1-3H3;4-5,7-8,14-15,19H,6,9-11H2,1-3H3;2-3H2,1H3;1H,4H2,2H3;1H2,(H,6,7);;1H2/q;;;;;;;+1;/p-1/t19-,20+;16-,17+;15-,16+;14-,15+;;;;;/m1111...../s1. The number of nitrogens with one attached hydrogen (secondary N) is 1. The number of hydrogen-bond acceptors (Lipinski definition) is 23. The summed E-state index contributed by atoms with van der Waals surface area (Å²) in [5.74, 6) is 0.371. The smallest absolute Gasteiger partial charge is 0.870 e. The van der Waals surface area contributed by atoms with Crippen molar-refractivity contribution in [2.24, 2.45) is 15.3 Å². The number of amides is 3. The first kappa shape index (κ1) is 114. The number of carbonyl (C=O) groups excluding carboxylic acids is 8. The number of halogens is 4. The Morgan fingerprint density at radius 3 is 1.15 bits per heavy atom. The zero-order valence-electron chi connectivity index (χ0n) is 75.5. The van der Waals surface area contributed by atoms with Gasteiger partial charge in [0.2, 0.25) is 17.7 Å². The largest absolute Gasteiger partial charge is 1.00 e. The van der Waals surface area contributed by atoms with Crippen molar-refractivity contribution in [3.05, 3.63) is 195 Å². The molecule has 4 aliphatic rings. The molecule has 6 heterocycles. The van der Waals surface area contributed by atoms with E-state index in [1.165, 1.54) is 19.2 Å². The number of hydrogen-bond donors (Lipinski definition) is 3. The van der Waals surface area contributed by atoms with Crippen LogP contribution in [0, 0.1) is 12.3 Å². The summed E-state index contributed by atoms with van der Waals surface area (Å²) in [4.78, 5) is 121. The summed E-state index contributed by atoms with van der Waals surface area (Å²) in [5.41, 5.74) is 28.7. The average Bonchev–Trinajstić information content (AvgIpc) is 1.67. The molecule has 35 nitrogen and oxygen atoms in total. The van der Waals surface area contributed by atoms with Gasteiger partial charge in [0, 0.05) is 125 Å². The molecular weight excluding hydrogens is 1730 g/mol. The van der Waals surface area contributed by atoms with Gasteiger partial charge in [0.1, 0.15) is 38.5 Å². The van der Waals surface area contributed by atoms with Gasteiger partial charge >= 0.3 is 30.8 Å². The van der Waals surface area contributed by atoms with Crippen LogP contribution in [-0.2, 0) is 114 Å². The molecule has 0 spiro atoms. The topological polar surface area (TPSA) is 490 Å². The van der Waals surface area contributed by atoms with Crippen molar-refractivity contribution in [1.82, 2.24) is 50.0 Å². The Kier molecular flexibility index (Phi) is 53.0. The number of carbonyl (C=O) groups is 9. The zero-order valence-corrected chi connectivity index (χ0v) is 78.5. The third-order valence-electron chi connectivity index (χ3n) is 19.0. The first-order valence-corrected chi connectivity index (χ1v) is 43.2. The maximum absolute atomic E-state index is 13.1. The van der Waals surface area contributed by atoms with E-state index in [1.54, 1.807) is 48.5 Å². The van der Waals surface area contributed by atoms with Crippen molar-refractivity contribution in [3.8, 4) is 12.3 Å². The number of aromatic nitrogens is 6. The van der Waals surface area contributed by atoms with Crippen LogP contribution in [0.2, 0.25) is 20.1 Å². The summed E-state index contributed by atoms with van der Waals surface area (Å²) < 4.78 is 25.5. The summed E-state index contributed by atoms with van der Waals surface area (Å²) in [7, 11) is 0. The van der Waals surface area contributed by atoms with E-state index >= 15 is 0 Å². The fourth-order valence-corrected chi connectivity index (χ4v) is 13.9. The van der Waals surface area contributed by atoms with Gasteiger partial charge in [-0.2, -0.15) is 0 Å². The molecule has 4 aromatic carbocycles. The van der Waals surface area contributed by atoms with Crippen molar-refractivity contribution < 1.29 is 96.6 Å². The van der Waals surface area contributed by atoms with Crippen molar-refractivity contribution in [2.75, 3.05) is 52.4 Å². The van der Waals surface area contributed by atoms with Gasteiger partial charge in [0.25, 0.3) is 0 Å². The minimum absolute atomic E-state index is 0. The van der Waals surface area contributed by atoms with Gasteiger partial charge in [-0.15, -0.1) is 22.5 Å². The Hall–Kier alpha value is -9.80. The molecule has 40 heteroatoms. The van der Waals surface area contributed by atoms with Crippen LogP contribution in [0.15, 0.2) is 125 Å². The SMILES string of the molecule is C#CCC.CC(C)(C)O[C@@H]1C[C@@H](C(=O)CCc2ccc(Cl)cc2)N(C(=O)CN=[N+]=[N-])C1.CC(C)(C)O[C@H]1CN[C@H](C(=O)CCc2ccc(Cl)cc2)C1.CCOC(=O)CN=[N+]=[N-].CCc1cn(CC(=O)N2C[C@H](O)C[C@H]2C(=O)CCc2ccc(Cl)cc2)nn1.CCc1cn(CC(=O)N2C[C@H](OC(C)(C)C)C[C@H]2C(=O)CCc2ccc(Cl)cc2)nn1.[Li+].[N-]=[N+]=NCC(=O)O.[OH-]. The predicted octanol–water partition coefficient (Wildman–Crippen LogP) is 11.6. The van der Waals surface area contributed by atoms with Gasteiger partial charge in [-0.05, 0) is 202 Å². The number of aliphatic carboxylic acids is 1. The molecule has 8 atom stereocenters. The van der Waals surface area contributed by atoms with Crippen LogP contribution in [0.1, 0.15) is 181 Å². The molecule has 692 valence electrons. The number of ketones is 4. The molecule has 0 radical (unpaired) electrons. The van der Waals surface area contributed by atoms with Gasteiger partial charge in [-0.25, -0.2) is 9.36 Å². The summed E-state index contributed by atoms with van der Waals surface area (Å²) in [6.07, 6.45) is 15.8. The average molecular weight is 1850 g/mol. The van der Waals surface area contributed by atoms with E-state index in [2.05, 4.69) is 66.7 Å². The maximum atomic E-state index is 13.1. The van der Waals surface area contributed by atoms with E-state index in [4.69, 9.17) is 88.7 Å². The molecule has 3 amide bonds. The zero-order chi connectivity index (χ0) is 93.7. The number of azide groups is 3. The number of likely N-dealkylation sites (tertiary alicyclic amines) is 3. The second kappa shape index (κ2) is 59.4. The monoisotopic (exact) mass is 1850 g/mol. The van der Waals surface area contributed by atoms with Gasteiger partial charge in [-0.3, -0.25) is 43.2 Å². The van der Waals surface area contributed by atoms with E-state index in [0.29, 0.717) is 92.6 Å². The van der Waals surface area contributed by atoms with Crippen LogP contribution in [0.5, 0.6) is 0 Å². The molecule has 0 unspecified atom stereocenters. The summed E-state index contributed by atoms with van der Waals surface area (Å²) in [6, 6.07) is 28.2. The van der Waals surface area contributed by atoms with Crippen LogP contribution in [-0.4, -0.2) is 231 Å². The Bertz CT molecular complexity index is 4660. The van der Waals surface area contributed by atoms with E-state index in [9.17, 15) is 48.3 Å². The van der Waals surface area contributed by atoms with Gasteiger partial charge < -0.3 is 54.7 Å². The predicted molar refractivity (Wildman–Crippen MR) is 482 cm³/mol. The third-order valence-corrected chi connectivity index (χ3v) is 20.0. The maximum Gasteiger partial charge on any atom is 1.00 e. The van der Waals surface area contributed by atoms with Crippen LogP contribution in [0.3, 0.4) is 0 Å². The number of benzene rings is 4. The first-order valence-electron chi connectivity index (χ1n) is 41.7. The number of β-amino-alcohol motifs (C(OH)–C–C–N with tert-alkyl or cyclic N) is 1. The van der Waals surface area contributed by atoms with Crippen molar-refractivity contribution in [2.45, 2.75) is 265 Å². The van der Waals surface area contributed by atoms with Gasteiger partial charge in [0.05, 0.1) is 83.4 Å². The minimum Gasteiger partial charge on any atom is -0.870 e. The molecule has 6 aromatic rings. The number of aliphatic hydroxyl groups is 1. The van der Waals surface area contributed by atoms with Crippen molar-refractivity contribution in [1.29, 1.82) is 0 Å². The van der Waals surface area contributed by atoms with Gasteiger partial charge in [-0.1, -0.05) is 141 Å². The molecule has 4 fully saturated rings. The molecule has 2 aromatic heterocycles. The van der Waals surface area contributed by atoms with E-state index in [-0.39, 0.29) is 145 Å². The fraction of sp³-hybridized carbons (Fsp3) is 0.557. The van der Waals surface area contributed by atoms with Gasteiger partial charge in [0.15, 0.2) is 17.3 Å². The summed E-state index contributed by atoms with van der Waals surface area (Å²) >= 11 is 23.6. The Morgan fingerprint density at radius 2 is 0.828 bits per heavy atom. The number of aliphatic hydroxyl groups excluding tert-OH is 1. The molecular formula is C88H120Cl4LiN19O16. The second-order valence-electron chi connectivity index (χ2n) is 32.6. The number of esters is 1. The number of carboxylic acid groups (broad SMARTS) is 1. The van der Waals surface area contributed by atoms with Crippen LogP contribution in [0.25, 0.3) is 31.3 Å². The number of Topliss-reactive ketones (excluding diaryl/α,β-unsaturated/α-hetero) is 4. The molecule has 4 N–H and O–H groups in total. The fourth-order valence-electron chi connectivity index (χ4n) is 13.4. The third kappa shape index (κ3) is 45.4. The molecule has 0 bridgehead atoms. The van der Waals surface area contributed by atoms with E-state index in [0.717, 1.165) is 77.3 Å². The first-order chi connectivity index (χ1) is 59.6. The number of ether oxygens (including phenoxy) is 4. The Morgan fingerprint density at radius 1 is 0.500 bits per heavy atom. The quantitative estimate of drug-likeness (QED) is 0.00881. The van der Waals surface area contributed by atoms with Crippen LogP contribution < -0.4 is 24.2 Å². The van der Waals surface area contributed by atoms with Crippen LogP contribution >= 0.6 is 46.4 Å². The number of nitrogens with zero attached hydrogens (tertiary/aromatic N) is 18. The molecule has 4 aliphatic heterocycles. The second-order valence-corrected chi connectivity index (χ2v) is 34.4. The minimum atomic E-state index is -1.11. The summed E-state index contributed by atoms with van der Waals surface area (Å²) in [5, 5.41) is 48.8. The Labute approximate surface area is 780 Å². The number of rotatable bonds is 32. The van der Waals surface area contributed by atoms with Crippen molar-refractivity contribution in [3.63, 3.8) is 0 Å². The van der Waals surface area contributed by atoms with E-state index < -0.39 is 42.7 Å². The summed E-state index contributed by atoms with van der Waals surface area (Å²) in [6.45, 7) is 26.6.